The fourth-order valence-electron chi connectivity index (χ4n) is 2.40. The van der Waals surface area contributed by atoms with Crippen LogP contribution in [-0.2, 0) is 0 Å². The molecule has 1 unspecified atom stereocenters. The van der Waals surface area contributed by atoms with Gasteiger partial charge in [-0.1, -0.05) is 18.2 Å². The zero-order valence-electron chi connectivity index (χ0n) is 10.9. The van der Waals surface area contributed by atoms with Crippen LogP contribution in [0, 0.1) is 5.92 Å². The third kappa shape index (κ3) is 4.59. The SMILES string of the molecule is OC(CC1CCSCC1)c1ccccc1OC(F)(F)F. The van der Waals surface area contributed by atoms with Gasteiger partial charge in [0.05, 0.1) is 6.10 Å². The highest BCUT2D eigenvalue weighted by Gasteiger charge is 2.33. The van der Waals surface area contributed by atoms with Gasteiger partial charge in [-0.15, -0.1) is 13.2 Å². The lowest BCUT2D eigenvalue weighted by atomic mass is 9.92. The van der Waals surface area contributed by atoms with Gasteiger partial charge in [-0.3, -0.25) is 0 Å². The van der Waals surface area contributed by atoms with Crippen molar-refractivity contribution in [2.24, 2.45) is 5.92 Å². The summed E-state index contributed by atoms with van der Waals surface area (Å²) < 4.78 is 41.0. The summed E-state index contributed by atoms with van der Waals surface area (Å²) in [7, 11) is 0. The molecule has 6 heteroatoms. The van der Waals surface area contributed by atoms with Crippen molar-refractivity contribution in [3.8, 4) is 5.75 Å². The second-order valence-corrected chi connectivity index (χ2v) is 6.12. The summed E-state index contributed by atoms with van der Waals surface area (Å²) in [6.07, 6.45) is -3.16. The molecule has 20 heavy (non-hydrogen) atoms. The maximum absolute atomic E-state index is 12.3. The number of hydrogen-bond acceptors (Lipinski definition) is 3. The number of para-hydroxylation sites is 1. The molecular formula is C14H17F3O2S. The minimum atomic E-state index is -4.74. The molecule has 0 aliphatic carbocycles. The van der Waals surface area contributed by atoms with Gasteiger partial charge in [0, 0.05) is 5.56 Å². The summed E-state index contributed by atoms with van der Waals surface area (Å²) in [4.78, 5) is 0. The molecule has 1 N–H and O–H groups in total. The standard InChI is InChI=1S/C14H17F3O2S/c15-14(16,17)19-13-4-2-1-3-11(13)12(18)9-10-5-7-20-8-6-10/h1-4,10,12,18H,5-9H2. The van der Waals surface area contributed by atoms with E-state index in [0.29, 0.717) is 12.3 Å². The Morgan fingerprint density at radius 3 is 2.55 bits per heavy atom. The number of halogens is 3. The average molecular weight is 306 g/mol. The van der Waals surface area contributed by atoms with Gasteiger partial charge in [0.15, 0.2) is 0 Å². The van der Waals surface area contributed by atoms with Crippen LogP contribution in [0.5, 0.6) is 5.75 Å². The van der Waals surface area contributed by atoms with Gasteiger partial charge < -0.3 is 9.84 Å². The molecule has 2 nitrogen and oxygen atoms in total. The van der Waals surface area contributed by atoms with Crippen LogP contribution < -0.4 is 4.74 Å². The first-order valence-corrected chi connectivity index (χ1v) is 7.71. The Morgan fingerprint density at radius 1 is 1.25 bits per heavy atom. The lowest BCUT2D eigenvalue weighted by Crippen LogP contribution is -2.19. The second kappa shape index (κ2) is 6.72. The van der Waals surface area contributed by atoms with Crippen LogP contribution in [0.25, 0.3) is 0 Å². The van der Waals surface area contributed by atoms with Crippen molar-refractivity contribution >= 4 is 11.8 Å². The molecule has 1 aliphatic heterocycles. The van der Waals surface area contributed by atoms with E-state index in [0.717, 1.165) is 24.3 Å². The van der Waals surface area contributed by atoms with E-state index in [1.54, 1.807) is 6.07 Å². The first-order valence-electron chi connectivity index (χ1n) is 6.56. The summed E-state index contributed by atoms with van der Waals surface area (Å²) in [5, 5.41) is 10.2. The molecule has 0 radical (unpaired) electrons. The zero-order valence-corrected chi connectivity index (χ0v) is 11.7. The summed E-state index contributed by atoms with van der Waals surface area (Å²) >= 11 is 1.88. The van der Waals surface area contributed by atoms with Gasteiger partial charge in [-0.2, -0.15) is 11.8 Å². The Hall–Kier alpha value is -0.880. The zero-order chi connectivity index (χ0) is 14.6. The molecular weight excluding hydrogens is 289 g/mol. The lowest BCUT2D eigenvalue weighted by Gasteiger charge is -2.25. The van der Waals surface area contributed by atoms with Crippen LogP contribution in [-0.4, -0.2) is 23.0 Å². The molecule has 1 aromatic carbocycles. The van der Waals surface area contributed by atoms with E-state index in [4.69, 9.17) is 0 Å². The van der Waals surface area contributed by atoms with Crippen LogP contribution >= 0.6 is 11.8 Å². The number of thioether (sulfide) groups is 1. The van der Waals surface area contributed by atoms with Gasteiger partial charge in [0.1, 0.15) is 5.75 Å². The third-order valence-electron chi connectivity index (χ3n) is 3.40. The van der Waals surface area contributed by atoms with Crippen molar-refractivity contribution in [1.29, 1.82) is 0 Å². The van der Waals surface area contributed by atoms with Gasteiger partial charge in [0.2, 0.25) is 0 Å². The number of benzene rings is 1. The first-order chi connectivity index (χ1) is 9.46. The Kier molecular flexibility index (Phi) is 5.21. The summed E-state index contributed by atoms with van der Waals surface area (Å²) in [6.45, 7) is 0. The quantitative estimate of drug-likeness (QED) is 0.906. The molecule has 0 spiro atoms. The van der Waals surface area contributed by atoms with E-state index in [-0.39, 0.29) is 11.3 Å². The van der Waals surface area contributed by atoms with Crippen LogP contribution in [0.4, 0.5) is 13.2 Å². The average Bonchev–Trinajstić information content (AvgIpc) is 2.38. The summed E-state index contributed by atoms with van der Waals surface area (Å²) in [5.74, 6) is 2.17. The van der Waals surface area contributed by atoms with E-state index >= 15 is 0 Å². The predicted octanol–water partition coefficient (Wildman–Crippen LogP) is 4.15. The van der Waals surface area contributed by atoms with Crippen molar-refractivity contribution < 1.29 is 23.0 Å². The van der Waals surface area contributed by atoms with E-state index in [1.165, 1.54) is 18.2 Å². The van der Waals surface area contributed by atoms with Crippen molar-refractivity contribution in [2.45, 2.75) is 31.7 Å². The third-order valence-corrected chi connectivity index (χ3v) is 4.45. The largest absolute Gasteiger partial charge is 0.573 e. The fourth-order valence-corrected chi connectivity index (χ4v) is 3.60. The number of alkyl halides is 3. The molecule has 0 saturated carbocycles. The maximum atomic E-state index is 12.3. The maximum Gasteiger partial charge on any atom is 0.573 e. The van der Waals surface area contributed by atoms with Crippen LogP contribution in [0.15, 0.2) is 24.3 Å². The number of aliphatic hydroxyl groups is 1. The van der Waals surface area contributed by atoms with E-state index in [9.17, 15) is 18.3 Å². The van der Waals surface area contributed by atoms with Gasteiger partial charge >= 0.3 is 6.36 Å². The van der Waals surface area contributed by atoms with Crippen LogP contribution in [0.2, 0.25) is 0 Å². The predicted molar refractivity (Wildman–Crippen MR) is 72.8 cm³/mol. The number of aliphatic hydroxyl groups excluding tert-OH is 1. The number of ether oxygens (including phenoxy) is 1. The lowest BCUT2D eigenvalue weighted by molar-refractivity contribution is -0.275. The minimum absolute atomic E-state index is 0.211. The normalized spacial score (nSPS) is 18.8. The highest BCUT2D eigenvalue weighted by Crippen LogP contribution is 2.36. The Labute approximate surface area is 120 Å². The fraction of sp³-hybridized carbons (Fsp3) is 0.571. The highest BCUT2D eigenvalue weighted by molar-refractivity contribution is 7.99. The van der Waals surface area contributed by atoms with Gasteiger partial charge in [0.25, 0.3) is 0 Å². The second-order valence-electron chi connectivity index (χ2n) is 4.89. The molecule has 1 fully saturated rings. The molecule has 2 rings (SSSR count). The Morgan fingerprint density at radius 2 is 1.90 bits per heavy atom. The Balaban J connectivity index is 2.06. The van der Waals surface area contributed by atoms with Gasteiger partial charge in [-0.25, -0.2) is 0 Å². The molecule has 1 atom stereocenters. The molecule has 1 aromatic rings. The highest BCUT2D eigenvalue weighted by atomic mass is 32.2. The van der Waals surface area contributed by atoms with E-state index in [2.05, 4.69) is 4.74 Å². The molecule has 1 heterocycles. The van der Waals surface area contributed by atoms with E-state index in [1.807, 2.05) is 11.8 Å². The van der Waals surface area contributed by atoms with Crippen LogP contribution in [0.3, 0.4) is 0 Å². The minimum Gasteiger partial charge on any atom is -0.405 e. The first kappa shape index (κ1) is 15.5. The molecule has 0 aromatic heterocycles. The number of hydrogen-bond donors (Lipinski definition) is 1. The molecule has 1 saturated heterocycles. The monoisotopic (exact) mass is 306 g/mol. The van der Waals surface area contributed by atoms with Crippen molar-refractivity contribution in [3.63, 3.8) is 0 Å². The smallest absolute Gasteiger partial charge is 0.405 e. The molecule has 0 bridgehead atoms. The molecule has 1 aliphatic rings. The Bertz CT molecular complexity index is 431. The topological polar surface area (TPSA) is 29.5 Å². The molecule has 0 amide bonds. The van der Waals surface area contributed by atoms with Crippen molar-refractivity contribution in [2.75, 3.05) is 11.5 Å². The van der Waals surface area contributed by atoms with Crippen molar-refractivity contribution in [3.05, 3.63) is 29.8 Å². The number of rotatable bonds is 4. The van der Waals surface area contributed by atoms with Crippen LogP contribution in [0.1, 0.15) is 30.9 Å². The van der Waals surface area contributed by atoms with Crippen molar-refractivity contribution in [1.82, 2.24) is 0 Å². The molecule has 112 valence electrons. The van der Waals surface area contributed by atoms with Gasteiger partial charge in [-0.05, 0) is 42.8 Å². The summed E-state index contributed by atoms with van der Waals surface area (Å²) in [5.41, 5.74) is 0.211. The summed E-state index contributed by atoms with van der Waals surface area (Å²) in [6, 6.07) is 5.80. The van der Waals surface area contributed by atoms with E-state index < -0.39 is 12.5 Å².